The molecule has 1 saturated heterocycles. The second-order valence-corrected chi connectivity index (χ2v) is 8.28. The molecule has 1 aliphatic heterocycles. The molecule has 0 atom stereocenters. The lowest BCUT2D eigenvalue weighted by molar-refractivity contribution is 0.122. The number of amides is 2. The zero-order valence-corrected chi connectivity index (χ0v) is 19.3. The Kier molecular flexibility index (Phi) is 6.60. The molecule has 0 aliphatic carbocycles. The average molecular weight is 494 g/mol. The largest absolute Gasteiger partial charge is 0.457 e. The van der Waals surface area contributed by atoms with E-state index in [1.807, 2.05) is 0 Å². The minimum absolute atomic E-state index is 0.225. The summed E-state index contributed by atoms with van der Waals surface area (Å²) in [5.74, 6) is 0.901. The number of carbonyl (C=O) groups excluding carboxylic acids is 1. The van der Waals surface area contributed by atoms with E-state index in [1.54, 1.807) is 48.7 Å². The van der Waals surface area contributed by atoms with Gasteiger partial charge in [0.15, 0.2) is 0 Å². The van der Waals surface area contributed by atoms with Gasteiger partial charge in [-0.15, -0.1) is 0 Å². The fourth-order valence-electron chi connectivity index (χ4n) is 3.65. The predicted octanol–water partition coefficient (Wildman–Crippen LogP) is 5.70. The Morgan fingerprint density at radius 1 is 0.943 bits per heavy atom. The zero-order valence-electron chi connectivity index (χ0n) is 18.5. The van der Waals surface area contributed by atoms with Gasteiger partial charge in [-0.05, 0) is 42.5 Å². The van der Waals surface area contributed by atoms with Crippen LogP contribution in [0, 0.1) is 5.82 Å². The molecule has 5 rings (SSSR count). The van der Waals surface area contributed by atoms with Gasteiger partial charge >= 0.3 is 6.03 Å². The second kappa shape index (κ2) is 10.1. The van der Waals surface area contributed by atoms with Crippen molar-refractivity contribution in [2.24, 2.45) is 0 Å². The minimum atomic E-state index is -0.556. The van der Waals surface area contributed by atoms with Gasteiger partial charge in [-0.25, -0.2) is 14.2 Å². The van der Waals surface area contributed by atoms with Gasteiger partial charge in [0.05, 0.1) is 30.4 Å². The van der Waals surface area contributed by atoms with E-state index in [1.165, 1.54) is 18.2 Å². The van der Waals surface area contributed by atoms with Crippen LogP contribution in [0.15, 0.2) is 66.9 Å². The molecule has 2 heterocycles. The van der Waals surface area contributed by atoms with Gasteiger partial charge in [0, 0.05) is 47.7 Å². The molecule has 35 heavy (non-hydrogen) atoms. The number of anilines is 3. The van der Waals surface area contributed by atoms with Crippen LogP contribution in [0.1, 0.15) is 0 Å². The lowest BCUT2D eigenvalue weighted by Gasteiger charge is -2.27. The number of morpholine rings is 1. The topological polar surface area (TPSA) is 88.6 Å². The molecule has 1 fully saturated rings. The van der Waals surface area contributed by atoms with Gasteiger partial charge in [0.1, 0.15) is 23.1 Å². The number of nitrogens with zero attached hydrogens (tertiary/aromatic N) is 3. The molecule has 10 heteroatoms. The summed E-state index contributed by atoms with van der Waals surface area (Å²) in [5.41, 5.74) is 2.16. The number of ether oxygens (including phenoxy) is 2. The summed E-state index contributed by atoms with van der Waals surface area (Å²) in [7, 11) is 0. The van der Waals surface area contributed by atoms with E-state index in [4.69, 9.17) is 26.1 Å². The molecule has 4 aromatic rings. The predicted molar refractivity (Wildman–Crippen MR) is 133 cm³/mol. The van der Waals surface area contributed by atoms with Crippen molar-refractivity contribution >= 4 is 45.9 Å². The number of urea groups is 1. The van der Waals surface area contributed by atoms with Crippen LogP contribution in [-0.4, -0.2) is 42.3 Å². The highest BCUT2D eigenvalue weighted by Gasteiger charge is 2.14. The van der Waals surface area contributed by atoms with Crippen molar-refractivity contribution in [3.63, 3.8) is 0 Å². The Morgan fingerprint density at radius 3 is 2.51 bits per heavy atom. The lowest BCUT2D eigenvalue weighted by Crippen LogP contribution is -2.36. The first-order chi connectivity index (χ1) is 17.0. The number of rotatable bonds is 5. The highest BCUT2D eigenvalue weighted by molar-refractivity contribution is 6.30. The van der Waals surface area contributed by atoms with Crippen molar-refractivity contribution < 1.29 is 18.7 Å². The van der Waals surface area contributed by atoms with Gasteiger partial charge < -0.3 is 25.0 Å². The molecule has 3 aromatic carbocycles. The van der Waals surface area contributed by atoms with Crippen molar-refractivity contribution in [2.75, 3.05) is 41.8 Å². The van der Waals surface area contributed by atoms with Gasteiger partial charge in [-0.3, -0.25) is 4.98 Å². The molecule has 1 aliphatic rings. The number of hydrogen-bond acceptors (Lipinski definition) is 6. The molecule has 8 nitrogen and oxygen atoms in total. The number of carbonyl (C=O) groups is 1. The van der Waals surface area contributed by atoms with Crippen LogP contribution in [0.4, 0.5) is 26.4 Å². The molecule has 0 saturated carbocycles. The molecule has 1 aromatic heterocycles. The first-order valence-corrected chi connectivity index (χ1v) is 11.3. The first-order valence-electron chi connectivity index (χ1n) is 10.9. The fourth-order valence-corrected chi connectivity index (χ4v) is 3.77. The molecule has 0 unspecified atom stereocenters. The van der Waals surface area contributed by atoms with Gasteiger partial charge in [0.25, 0.3) is 0 Å². The number of fused-ring (bicyclic) bond motifs is 1. The number of hydrogen-bond donors (Lipinski definition) is 2. The van der Waals surface area contributed by atoms with Gasteiger partial charge in [-0.2, -0.15) is 0 Å². The van der Waals surface area contributed by atoms with E-state index in [0.29, 0.717) is 35.2 Å². The van der Waals surface area contributed by atoms with E-state index >= 15 is 0 Å². The molecule has 0 bridgehead atoms. The van der Waals surface area contributed by atoms with E-state index < -0.39 is 11.8 Å². The lowest BCUT2D eigenvalue weighted by atomic mass is 10.2. The van der Waals surface area contributed by atoms with Crippen LogP contribution in [0.5, 0.6) is 11.5 Å². The molecule has 178 valence electrons. The first kappa shape index (κ1) is 22.8. The maximum atomic E-state index is 14.3. The van der Waals surface area contributed by atoms with E-state index in [-0.39, 0.29) is 11.4 Å². The number of nitrogens with one attached hydrogen (secondary N) is 2. The Bertz CT molecular complexity index is 1360. The maximum absolute atomic E-state index is 14.3. The summed E-state index contributed by atoms with van der Waals surface area (Å²) < 4.78 is 25.5. The Morgan fingerprint density at radius 2 is 1.71 bits per heavy atom. The quantitative estimate of drug-likeness (QED) is 0.371. The summed E-state index contributed by atoms with van der Waals surface area (Å²) >= 11 is 5.86. The maximum Gasteiger partial charge on any atom is 0.323 e. The molecule has 0 spiro atoms. The van der Waals surface area contributed by atoms with E-state index in [0.717, 1.165) is 24.4 Å². The molecular formula is C25H21ClFN5O3. The molecule has 2 amide bonds. The fraction of sp³-hybridized carbons (Fsp3) is 0.160. The van der Waals surface area contributed by atoms with Gasteiger partial charge in [-0.1, -0.05) is 11.6 Å². The van der Waals surface area contributed by atoms with Crippen LogP contribution in [-0.2, 0) is 4.74 Å². The minimum Gasteiger partial charge on any atom is -0.457 e. The average Bonchev–Trinajstić information content (AvgIpc) is 2.85. The van der Waals surface area contributed by atoms with E-state index in [2.05, 4.69) is 20.5 Å². The van der Waals surface area contributed by atoms with Crippen LogP contribution < -0.4 is 20.3 Å². The SMILES string of the molecule is O=C(Nc1ccc(Cl)cc1)Nc1cc(F)cc(Oc2ccc3ncc(N4CCOCC4)nc3c2)c1. The third-order valence-electron chi connectivity index (χ3n) is 5.30. The van der Waals surface area contributed by atoms with Crippen molar-refractivity contribution in [3.8, 4) is 11.5 Å². The Balaban J connectivity index is 1.31. The highest BCUT2D eigenvalue weighted by Crippen LogP contribution is 2.28. The van der Waals surface area contributed by atoms with Crippen LogP contribution in [0.3, 0.4) is 0 Å². The molecular weight excluding hydrogens is 473 g/mol. The smallest absolute Gasteiger partial charge is 0.323 e. The van der Waals surface area contributed by atoms with Crippen molar-refractivity contribution in [1.29, 1.82) is 0 Å². The summed E-state index contributed by atoms with van der Waals surface area (Å²) in [6.07, 6.45) is 1.74. The monoisotopic (exact) mass is 493 g/mol. The standard InChI is InChI=1S/C25H21ClFN5O3/c26-16-1-3-18(4-2-16)29-25(33)30-19-11-17(27)12-21(13-19)35-20-5-6-22-23(14-20)31-24(15-28-22)32-7-9-34-10-8-32/h1-6,11-15H,7-10H2,(H2,29,30,33). The zero-order chi connectivity index (χ0) is 24.2. The summed E-state index contributed by atoms with van der Waals surface area (Å²) in [4.78, 5) is 23.6. The Hall–Kier alpha value is -3.95. The molecule has 2 N–H and O–H groups in total. The summed E-state index contributed by atoms with van der Waals surface area (Å²) in [5, 5.41) is 5.82. The second-order valence-electron chi connectivity index (χ2n) is 7.84. The molecule has 0 radical (unpaired) electrons. The van der Waals surface area contributed by atoms with Crippen LogP contribution in [0.2, 0.25) is 5.02 Å². The third kappa shape index (κ3) is 5.76. The summed E-state index contributed by atoms with van der Waals surface area (Å²) in [6, 6.07) is 15.4. The van der Waals surface area contributed by atoms with Crippen LogP contribution in [0.25, 0.3) is 11.0 Å². The number of benzene rings is 3. The van der Waals surface area contributed by atoms with Gasteiger partial charge in [0.2, 0.25) is 0 Å². The number of halogens is 2. The summed E-state index contributed by atoms with van der Waals surface area (Å²) in [6.45, 7) is 2.80. The van der Waals surface area contributed by atoms with Crippen molar-refractivity contribution in [1.82, 2.24) is 9.97 Å². The third-order valence-corrected chi connectivity index (χ3v) is 5.55. The van der Waals surface area contributed by atoms with Crippen LogP contribution >= 0.6 is 11.6 Å². The van der Waals surface area contributed by atoms with Crippen molar-refractivity contribution in [2.45, 2.75) is 0 Å². The van der Waals surface area contributed by atoms with Crippen molar-refractivity contribution in [3.05, 3.63) is 77.7 Å². The Labute approximate surface area is 205 Å². The number of aromatic nitrogens is 2. The normalized spacial score (nSPS) is 13.5. The van der Waals surface area contributed by atoms with E-state index in [9.17, 15) is 9.18 Å². The highest BCUT2D eigenvalue weighted by atomic mass is 35.5.